The second-order valence-corrected chi connectivity index (χ2v) is 5.13. The molecule has 0 aliphatic heterocycles. The molecule has 2 N–H and O–H groups in total. The summed E-state index contributed by atoms with van der Waals surface area (Å²) in [7, 11) is 0. The number of imidazole rings is 1. The van der Waals surface area contributed by atoms with E-state index >= 15 is 0 Å². The van der Waals surface area contributed by atoms with Crippen LogP contribution < -0.4 is 5.32 Å². The Morgan fingerprint density at radius 1 is 1.10 bits per heavy atom. The molecule has 108 valence electrons. The van der Waals surface area contributed by atoms with Crippen molar-refractivity contribution in [2.24, 2.45) is 0 Å². The molecule has 0 unspecified atom stereocenters. The molecule has 6 heteroatoms. The maximum atomic E-state index is 4.27. The highest BCUT2D eigenvalue weighted by atomic mass is 35.5. The second kappa shape index (κ2) is 5.69. The third-order valence-electron chi connectivity index (χ3n) is 3.85. The monoisotopic (exact) mass is 301 g/mol. The fraction of sp³-hybridized carbons (Fsp3) is 0.267. The van der Waals surface area contributed by atoms with E-state index in [4.69, 9.17) is 0 Å². The summed E-state index contributed by atoms with van der Waals surface area (Å²) in [4.78, 5) is 15.6. The van der Waals surface area contributed by atoms with Crippen LogP contribution in [0.3, 0.4) is 0 Å². The van der Waals surface area contributed by atoms with Crippen molar-refractivity contribution >= 4 is 29.4 Å². The highest BCUT2D eigenvalue weighted by Crippen LogP contribution is 2.23. The summed E-state index contributed by atoms with van der Waals surface area (Å²) in [6.45, 7) is 0.762. The smallest absolute Gasteiger partial charge is 0.182 e. The Kier molecular flexibility index (Phi) is 3.75. The van der Waals surface area contributed by atoms with E-state index in [2.05, 4.69) is 43.5 Å². The van der Waals surface area contributed by atoms with Crippen molar-refractivity contribution in [2.75, 3.05) is 5.32 Å². The average molecular weight is 302 g/mol. The molecule has 0 spiro atoms. The van der Waals surface area contributed by atoms with Gasteiger partial charge in [-0.05, 0) is 36.0 Å². The van der Waals surface area contributed by atoms with Crippen LogP contribution in [0.25, 0.3) is 11.2 Å². The number of hydrogen-bond acceptors (Lipinski definition) is 4. The fourth-order valence-corrected chi connectivity index (χ4v) is 2.82. The van der Waals surface area contributed by atoms with Gasteiger partial charge >= 0.3 is 0 Å². The summed E-state index contributed by atoms with van der Waals surface area (Å²) in [6.07, 6.45) is 6.90. The number of nitrogens with one attached hydrogen (secondary N) is 2. The number of H-pyrrole nitrogens is 1. The summed E-state index contributed by atoms with van der Waals surface area (Å²) in [5.74, 6) is 0.799. The van der Waals surface area contributed by atoms with Crippen molar-refractivity contribution < 1.29 is 0 Å². The zero-order chi connectivity index (χ0) is 13.4. The van der Waals surface area contributed by atoms with Gasteiger partial charge in [0, 0.05) is 6.54 Å². The van der Waals surface area contributed by atoms with Gasteiger partial charge in [0.25, 0.3) is 0 Å². The standard InChI is InChI=1S/C15H15N5.ClH/c1-2-11-5-4-10(6-12(11)3-1)7-16-14-13-15(18-8-17-13)20-9-19-14;/h4-6,8-9H,1-3,7H2,(H2,16,17,18,19,20);1H. The quantitative estimate of drug-likeness (QED) is 0.780. The molecule has 1 aliphatic rings. The predicted octanol–water partition coefficient (Wildman–Crippen LogP) is 2.88. The van der Waals surface area contributed by atoms with Crippen molar-refractivity contribution in [1.29, 1.82) is 0 Å². The Bertz CT molecular complexity index is 768. The van der Waals surface area contributed by atoms with Gasteiger partial charge in [-0.2, -0.15) is 0 Å². The largest absolute Gasteiger partial charge is 0.364 e. The van der Waals surface area contributed by atoms with Crippen LogP contribution in [-0.4, -0.2) is 19.9 Å². The summed E-state index contributed by atoms with van der Waals surface area (Å²) < 4.78 is 0. The normalized spacial score (nSPS) is 13.0. The molecule has 0 saturated carbocycles. The minimum atomic E-state index is 0. The molecule has 0 fully saturated rings. The van der Waals surface area contributed by atoms with Gasteiger partial charge in [-0.15, -0.1) is 12.4 Å². The van der Waals surface area contributed by atoms with Gasteiger partial charge in [0.05, 0.1) is 6.33 Å². The molecule has 2 aromatic heterocycles. The van der Waals surface area contributed by atoms with Crippen LogP contribution in [0.5, 0.6) is 0 Å². The number of aromatic amines is 1. The van der Waals surface area contributed by atoms with Crippen LogP contribution in [0, 0.1) is 0 Å². The number of aromatic nitrogens is 4. The molecular formula is C15H16ClN5. The van der Waals surface area contributed by atoms with Gasteiger partial charge in [-0.3, -0.25) is 0 Å². The van der Waals surface area contributed by atoms with Crippen LogP contribution in [0.15, 0.2) is 30.9 Å². The topological polar surface area (TPSA) is 66.5 Å². The number of anilines is 1. The van der Waals surface area contributed by atoms with E-state index in [0.29, 0.717) is 5.65 Å². The van der Waals surface area contributed by atoms with Crippen molar-refractivity contribution in [3.05, 3.63) is 47.5 Å². The predicted molar refractivity (Wildman–Crippen MR) is 84.7 cm³/mol. The Morgan fingerprint density at radius 2 is 2.00 bits per heavy atom. The molecule has 21 heavy (non-hydrogen) atoms. The van der Waals surface area contributed by atoms with E-state index in [1.807, 2.05) is 0 Å². The number of rotatable bonds is 3. The van der Waals surface area contributed by atoms with E-state index in [0.717, 1.165) is 17.9 Å². The molecule has 0 amide bonds. The lowest BCUT2D eigenvalue weighted by atomic mass is 10.1. The first-order chi connectivity index (χ1) is 9.90. The van der Waals surface area contributed by atoms with Crippen molar-refractivity contribution in [3.8, 4) is 0 Å². The lowest BCUT2D eigenvalue weighted by Crippen LogP contribution is -2.03. The summed E-state index contributed by atoms with van der Waals surface area (Å²) in [5, 5.41) is 3.36. The van der Waals surface area contributed by atoms with Crippen molar-refractivity contribution in [3.63, 3.8) is 0 Å². The van der Waals surface area contributed by atoms with Crippen LogP contribution in [-0.2, 0) is 19.4 Å². The lowest BCUT2D eigenvalue weighted by molar-refractivity contribution is 0.911. The third kappa shape index (κ3) is 2.56. The molecule has 0 radical (unpaired) electrons. The second-order valence-electron chi connectivity index (χ2n) is 5.13. The molecule has 1 aromatic carbocycles. The van der Waals surface area contributed by atoms with Crippen LogP contribution in [0.1, 0.15) is 23.1 Å². The number of halogens is 1. The minimum absolute atomic E-state index is 0. The molecule has 4 rings (SSSR count). The third-order valence-corrected chi connectivity index (χ3v) is 3.85. The Hall–Kier alpha value is -2.14. The van der Waals surface area contributed by atoms with E-state index in [1.165, 1.54) is 42.3 Å². The summed E-state index contributed by atoms with van der Waals surface area (Å²) >= 11 is 0. The van der Waals surface area contributed by atoms with Gasteiger partial charge in [0.15, 0.2) is 11.5 Å². The molecule has 3 aromatic rings. The molecule has 0 atom stereocenters. The first-order valence-corrected chi connectivity index (χ1v) is 6.89. The van der Waals surface area contributed by atoms with Gasteiger partial charge in [0.1, 0.15) is 11.8 Å². The highest BCUT2D eigenvalue weighted by molar-refractivity contribution is 5.85. The highest BCUT2D eigenvalue weighted by Gasteiger charge is 2.11. The Labute approximate surface area is 128 Å². The zero-order valence-electron chi connectivity index (χ0n) is 11.5. The van der Waals surface area contributed by atoms with Gasteiger partial charge in [-0.1, -0.05) is 18.2 Å². The van der Waals surface area contributed by atoms with Gasteiger partial charge in [0.2, 0.25) is 0 Å². The first-order valence-electron chi connectivity index (χ1n) is 6.89. The van der Waals surface area contributed by atoms with Gasteiger partial charge < -0.3 is 10.3 Å². The number of hydrogen-bond donors (Lipinski definition) is 2. The van der Waals surface area contributed by atoms with E-state index in [9.17, 15) is 0 Å². The first kappa shape index (κ1) is 13.8. The summed E-state index contributed by atoms with van der Waals surface area (Å²) in [5.41, 5.74) is 5.84. The molecule has 0 bridgehead atoms. The molecule has 2 heterocycles. The lowest BCUT2D eigenvalue weighted by Gasteiger charge is -2.08. The number of nitrogens with zero attached hydrogens (tertiary/aromatic N) is 3. The number of aryl methyl sites for hydroxylation is 2. The fourth-order valence-electron chi connectivity index (χ4n) is 2.82. The van der Waals surface area contributed by atoms with E-state index < -0.39 is 0 Å². The van der Waals surface area contributed by atoms with Gasteiger partial charge in [-0.25, -0.2) is 15.0 Å². The minimum Gasteiger partial charge on any atom is -0.364 e. The molecule has 1 aliphatic carbocycles. The summed E-state index contributed by atoms with van der Waals surface area (Å²) in [6, 6.07) is 6.76. The maximum Gasteiger partial charge on any atom is 0.182 e. The van der Waals surface area contributed by atoms with Crippen molar-refractivity contribution in [2.45, 2.75) is 25.8 Å². The maximum absolute atomic E-state index is 4.27. The van der Waals surface area contributed by atoms with Crippen LogP contribution >= 0.6 is 12.4 Å². The van der Waals surface area contributed by atoms with E-state index in [-0.39, 0.29) is 12.4 Å². The Balaban J connectivity index is 0.00000132. The van der Waals surface area contributed by atoms with Crippen LogP contribution in [0.4, 0.5) is 5.82 Å². The zero-order valence-corrected chi connectivity index (χ0v) is 12.3. The molecule has 0 saturated heterocycles. The number of benzene rings is 1. The average Bonchev–Trinajstić information content (AvgIpc) is 3.13. The molecule has 5 nitrogen and oxygen atoms in total. The Morgan fingerprint density at radius 3 is 2.95 bits per heavy atom. The molecular weight excluding hydrogens is 286 g/mol. The van der Waals surface area contributed by atoms with Crippen LogP contribution in [0.2, 0.25) is 0 Å². The number of fused-ring (bicyclic) bond motifs is 2. The SMILES string of the molecule is Cl.c1nc(NCc2ccc3c(c2)CCC3)c2[nH]cnc2n1. The van der Waals surface area contributed by atoms with E-state index in [1.54, 1.807) is 6.33 Å². The van der Waals surface area contributed by atoms with Crippen molar-refractivity contribution in [1.82, 2.24) is 19.9 Å².